The van der Waals surface area contributed by atoms with Crippen molar-refractivity contribution in [3.63, 3.8) is 0 Å². The number of halogens is 1. The van der Waals surface area contributed by atoms with Gasteiger partial charge in [-0.3, -0.25) is 0 Å². The molecule has 0 radical (unpaired) electrons. The van der Waals surface area contributed by atoms with E-state index in [1.807, 2.05) is 24.3 Å². The molecule has 0 saturated carbocycles. The average Bonchev–Trinajstić information content (AvgIpc) is 2.40. The summed E-state index contributed by atoms with van der Waals surface area (Å²) in [5.74, 6) is 0.838. The molecule has 1 fully saturated rings. The van der Waals surface area contributed by atoms with E-state index in [1.54, 1.807) is 0 Å². The summed E-state index contributed by atoms with van der Waals surface area (Å²) in [6.45, 7) is 1.94. The molecule has 0 bridgehead atoms. The van der Waals surface area contributed by atoms with Crippen molar-refractivity contribution in [2.45, 2.75) is 19.3 Å². The van der Waals surface area contributed by atoms with Crippen LogP contribution in [-0.2, 0) is 4.74 Å². The third-order valence-electron chi connectivity index (χ3n) is 3.33. The van der Waals surface area contributed by atoms with Crippen molar-refractivity contribution in [2.75, 3.05) is 19.8 Å². The minimum absolute atomic E-state index is 0.260. The average molecular weight is 310 g/mol. The minimum Gasteiger partial charge on any atom is -0.493 e. The van der Waals surface area contributed by atoms with Crippen LogP contribution in [0.1, 0.15) is 19.3 Å². The quantitative estimate of drug-likeness (QED) is 0.854. The highest BCUT2D eigenvalue weighted by atomic mass is 79.9. The van der Waals surface area contributed by atoms with Gasteiger partial charge in [-0.2, -0.15) is 5.26 Å². The predicted octanol–water partition coefficient (Wildman–Crippen LogP) is 3.54. The summed E-state index contributed by atoms with van der Waals surface area (Å²) in [6.07, 6.45) is 2.38. The van der Waals surface area contributed by atoms with Crippen LogP contribution in [0.15, 0.2) is 28.7 Å². The topological polar surface area (TPSA) is 42.2 Å². The van der Waals surface area contributed by atoms with Crippen molar-refractivity contribution in [2.24, 2.45) is 5.41 Å². The molecule has 0 atom stereocenters. The largest absolute Gasteiger partial charge is 0.493 e. The van der Waals surface area contributed by atoms with Gasteiger partial charge in [0.15, 0.2) is 0 Å². The fourth-order valence-electron chi connectivity index (χ4n) is 2.10. The number of hydrogen-bond acceptors (Lipinski definition) is 3. The van der Waals surface area contributed by atoms with Crippen molar-refractivity contribution in [1.82, 2.24) is 0 Å². The van der Waals surface area contributed by atoms with Gasteiger partial charge in [-0.1, -0.05) is 22.0 Å². The van der Waals surface area contributed by atoms with E-state index in [-0.39, 0.29) is 5.41 Å². The van der Waals surface area contributed by atoms with E-state index in [0.29, 0.717) is 19.8 Å². The third kappa shape index (κ3) is 3.47. The van der Waals surface area contributed by atoms with E-state index < -0.39 is 0 Å². The van der Waals surface area contributed by atoms with Crippen molar-refractivity contribution >= 4 is 15.9 Å². The maximum atomic E-state index is 9.31. The highest BCUT2D eigenvalue weighted by Crippen LogP contribution is 2.33. The minimum atomic E-state index is -0.260. The van der Waals surface area contributed by atoms with Gasteiger partial charge in [0.25, 0.3) is 0 Å². The summed E-state index contributed by atoms with van der Waals surface area (Å²) in [4.78, 5) is 0. The molecule has 1 heterocycles. The van der Waals surface area contributed by atoms with Crippen molar-refractivity contribution < 1.29 is 9.47 Å². The number of nitriles is 1. The van der Waals surface area contributed by atoms with Crippen molar-refractivity contribution in [1.29, 1.82) is 5.26 Å². The van der Waals surface area contributed by atoms with Crippen molar-refractivity contribution in [3.05, 3.63) is 28.7 Å². The van der Waals surface area contributed by atoms with Gasteiger partial charge in [0, 0.05) is 24.1 Å². The van der Waals surface area contributed by atoms with Crippen LogP contribution < -0.4 is 4.74 Å². The number of hydrogen-bond donors (Lipinski definition) is 0. The monoisotopic (exact) mass is 309 g/mol. The Labute approximate surface area is 116 Å². The van der Waals surface area contributed by atoms with E-state index in [2.05, 4.69) is 22.0 Å². The number of benzene rings is 1. The van der Waals surface area contributed by atoms with Crippen LogP contribution in [0.4, 0.5) is 0 Å². The van der Waals surface area contributed by atoms with Crippen LogP contribution in [0.5, 0.6) is 5.75 Å². The highest BCUT2D eigenvalue weighted by Gasteiger charge is 2.32. The molecule has 18 heavy (non-hydrogen) atoms. The molecular weight excluding hydrogens is 294 g/mol. The summed E-state index contributed by atoms with van der Waals surface area (Å²) < 4.78 is 12.0. The molecule has 4 heteroatoms. The first-order valence-corrected chi connectivity index (χ1v) is 6.91. The summed E-state index contributed by atoms with van der Waals surface area (Å²) >= 11 is 3.41. The smallest absolute Gasteiger partial charge is 0.120 e. The Hall–Kier alpha value is -1.05. The summed E-state index contributed by atoms with van der Waals surface area (Å²) in [6, 6.07) is 10.2. The van der Waals surface area contributed by atoms with Gasteiger partial charge < -0.3 is 9.47 Å². The van der Waals surface area contributed by atoms with Gasteiger partial charge in [-0.05, 0) is 31.0 Å². The molecule has 0 aromatic heterocycles. The second kappa shape index (κ2) is 6.21. The molecule has 1 aliphatic rings. The van der Waals surface area contributed by atoms with Crippen LogP contribution in [0.2, 0.25) is 0 Å². The zero-order valence-electron chi connectivity index (χ0n) is 10.2. The first-order chi connectivity index (χ1) is 8.74. The van der Waals surface area contributed by atoms with Crippen molar-refractivity contribution in [3.8, 4) is 11.8 Å². The van der Waals surface area contributed by atoms with E-state index in [0.717, 1.165) is 29.5 Å². The SMILES string of the molecule is N#CC1(CCOc2cccc(Br)c2)CCOCC1. The Morgan fingerprint density at radius 1 is 1.39 bits per heavy atom. The van der Waals surface area contributed by atoms with Crippen LogP contribution in [0, 0.1) is 16.7 Å². The molecule has 1 aromatic carbocycles. The Morgan fingerprint density at radius 3 is 2.83 bits per heavy atom. The molecule has 1 aromatic rings. The van der Waals surface area contributed by atoms with Gasteiger partial charge in [0.2, 0.25) is 0 Å². The predicted molar refractivity (Wildman–Crippen MR) is 72.4 cm³/mol. The number of nitrogens with zero attached hydrogens (tertiary/aromatic N) is 1. The standard InChI is InChI=1S/C14H16BrNO2/c15-12-2-1-3-13(10-12)18-9-6-14(11-16)4-7-17-8-5-14/h1-3,10H,4-9H2. The normalized spacial score (nSPS) is 18.0. The number of ether oxygens (including phenoxy) is 2. The molecular formula is C14H16BrNO2. The lowest BCUT2D eigenvalue weighted by Crippen LogP contribution is -2.29. The maximum Gasteiger partial charge on any atom is 0.120 e. The van der Waals surface area contributed by atoms with E-state index in [4.69, 9.17) is 9.47 Å². The zero-order valence-corrected chi connectivity index (χ0v) is 11.8. The van der Waals surface area contributed by atoms with E-state index in [1.165, 1.54) is 0 Å². The lowest BCUT2D eigenvalue weighted by atomic mass is 9.79. The Bertz CT molecular complexity index is 436. The van der Waals surface area contributed by atoms with E-state index >= 15 is 0 Å². The molecule has 0 aliphatic carbocycles. The first kappa shape index (κ1) is 13.4. The zero-order chi connectivity index (χ0) is 12.8. The maximum absolute atomic E-state index is 9.31. The molecule has 0 amide bonds. The van der Waals surface area contributed by atoms with Gasteiger partial charge in [0.1, 0.15) is 5.75 Å². The molecule has 1 saturated heterocycles. The van der Waals surface area contributed by atoms with Crippen LogP contribution in [0.25, 0.3) is 0 Å². The summed E-state index contributed by atoms with van der Waals surface area (Å²) in [5, 5.41) is 9.31. The summed E-state index contributed by atoms with van der Waals surface area (Å²) in [7, 11) is 0. The Balaban J connectivity index is 1.86. The van der Waals surface area contributed by atoms with Crippen LogP contribution in [-0.4, -0.2) is 19.8 Å². The van der Waals surface area contributed by atoms with Gasteiger partial charge in [-0.15, -0.1) is 0 Å². The third-order valence-corrected chi connectivity index (χ3v) is 3.83. The lowest BCUT2D eigenvalue weighted by Gasteiger charge is -2.30. The molecule has 3 nitrogen and oxygen atoms in total. The first-order valence-electron chi connectivity index (χ1n) is 6.11. The summed E-state index contributed by atoms with van der Waals surface area (Å²) in [5.41, 5.74) is -0.260. The Morgan fingerprint density at radius 2 is 2.17 bits per heavy atom. The highest BCUT2D eigenvalue weighted by molar-refractivity contribution is 9.10. The van der Waals surface area contributed by atoms with Crippen LogP contribution in [0.3, 0.4) is 0 Å². The second-order valence-electron chi connectivity index (χ2n) is 4.56. The fourth-order valence-corrected chi connectivity index (χ4v) is 2.48. The molecule has 96 valence electrons. The van der Waals surface area contributed by atoms with Gasteiger partial charge in [-0.25, -0.2) is 0 Å². The molecule has 0 spiro atoms. The fraction of sp³-hybridized carbons (Fsp3) is 0.500. The molecule has 1 aliphatic heterocycles. The van der Waals surface area contributed by atoms with Gasteiger partial charge >= 0.3 is 0 Å². The Kier molecular flexibility index (Phi) is 4.62. The molecule has 0 N–H and O–H groups in total. The molecule has 2 rings (SSSR count). The van der Waals surface area contributed by atoms with Gasteiger partial charge in [0.05, 0.1) is 18.1 Å². The second-order valence-corrected chi connectivity index (χ2v) is 5.48. The van der Waals surface area contributed by atoms with Crippen LogP contribution >= 0.6 is 15.9 Å². The lowest BCUT2D eigenvalue weighted by molar-refractivity contribution is 0.0313. The number of rotatable bonds is 4. The van der Waals surface area contributed by atoms with E-state index in [9.17, 15) is 5.26 Å². The molecule has 0 unspecified atom stereocenters.